The van der Waals surface area contributed by atoms with E-state index in [2.05, 4.69) is 17.4 Å². The van der Waals surface area contributed by atoms with E-state index in [-0.39, 0.29) is 23.7 Å². The zero-order chi connectivity index (χ0) is 17.5. The molecule has 6 heteroatoms. The van der Waals surface area contributed by atoms with Crippen LogP contribution in [0.25, 0.3) is 0 Å². The summed E-state index contributed by atoms with van der Waals surface area (Å²) in [5.41, 5.74) is 2.02. The molecule has 128 valence electrons. The minimum atomic E-state index is -0.467. The Balaban J connectivity index is 1.69. The summed E-state index contributed by atoms with van der Waals surface area (Å²) in [5, 5.41) is 6.65. The molecule has 1 aromatic heterocycles. The average molecular weight is 329 g/mol. The third-order valence-corrected chi connectivity index (χ3v) is 4.40. The highest BCUT2D eigenvalue weighted by Gasteiger charge is 2.43. The van der Waals surface area contributed by atoms with Crippen molar-refractivity contribution in [1.82, 2.24) is 10.1 Å². The highest BCUT2D eigenvalue weighted by atomic mass is 16.5. The number of β-lactam (4-membered cyclic amide) rings is 1. The lowest BCUT2D eigenvalue weighted by atomic mass is 9.93. The molecule has 1 saturated heterocycles. The van der Waals surface area contributed by atoms with Gasteiger partial charge in [0.1, 0.15) is 11.8 Å². The number of rotatable bonds is 3. The Labute approximate surface area is 141 Å². The molecule has 0 spiro atoms. The van der Waals surface area contributed by atoms with Crippen LogP contribution < -0.4 is 5.32 Å². The van der Waals surface area contributed by atoms with Gasteiger partial charge in [0.2, 0.25) is 11.8 Å². The number of aromatic nitrogens is 1. The molecule has 0 aromatic carbocycles. The number of anilines is 1. The third kappa shape index (κ3) is 3.13. The normalized spacial score (nSPS) is 21.1. The van der Waals surface area contributed by atoms with Gasteiger partial charge in [-0.1, -0.05) is 37.6 Å². The summed E-state index contributed by atoms with van der Waals surface area (Å²) >= 11 is 0. The maximum absolute atomic E-state index is 12.5. The second-order valence-electron chi connectivity index (χ2n) is 7.47. The predicted molar refractivity (Wildman–Crippen MR) is 90.2 cm³/mol. The van der Waals surface area contributed by atoms with E-state index in [4.69, 9.17) is 4.52 Å². The van der Waals surface area contributed by atoms with Crippen LogP contribution in [-0.2, 0) is 15.0 Å². The van der Waals surface area contributed by atoms with Crippen molar-refractivity contribution in [3.8, 4) is 0 Å². The Hall–Kier alpha value is -2.37. The Bertz CT molecular complexity index is 737. The van der Waals surface area contributed by atoms with E-state index in [0.29, 0.717) is 11.6 Å². The zero-order valence-electron chi connectivity index (χ0n) is 14.5. The van der Waals surface area contributed by atoms with Crippen LogP contribution in [0.3, 0.4) is 0 Å². The number of amides is 2. The molecule has 1 aromatic rings. The second kappa shape index (κ2) is 5.92. The molecule has 6 nitrogen and oxygen atoms in total. The number of allylic oxidation sites excluding steroid dienone is 4. The molecule has 0 unspecified atom stereocenters. The van der Waals surface area contributed by atoms with E-state index in [1.54, 1.807) is 11.0 Å². The molecule has 1 atom stereocenters. The molecule has 1 aliphatic heterocycles. The van der Waals surface area contributed by atoms with Crippen LogP contribution in [0.15, 0.2) is 34.0 Å². The summed E-state index contributed by atoms with van der Waals surface area (Å²) in [6.45, 7) is 8.09. The monoisotopic (exact) mass is 329 g/mol. The fraction of sp³-hybridized carbons (Fsp3) is 0.500. The topological polar surface area (TPSA) is 75.4 Å². The second-order valence-corrected chi connectivity index (χ2v) is 7.47. The molecule has 2 aliphatic rings. The molecule has 1 fully saturated rings. The van der Waals surface area contributed by atoms with E-state index in [1.807, 2.05) is 32.9 Å². The Morgan fingerprint density at radius 2 is 2.08 bits per heavy atom. The third-order valence-electron chi connectivity index (χ3n) is 4.40. The van der Waals surface area contributed by atoms with Gasteiger partial charge in [0, 0.05) is 17.2 Å². The minimum absolute atomic E-state index is 0.00936. The van der Waals surface area contributed by atoms with Crippen molar-refractivity contribution < 1.29 is 14.1 Å². The van der Waals surface area contributed by atoms with Crippen LogP contribution in [0.5, 0.6) is 0 Å². The van der Waals surface area contributed by atoms with E-state index >= 15 is 0 Å². The van der Waals surface area contributed by atoms with Crippen LogP contribution in [0.1, 0.15) is 52.7 Å². The molecule has 1 N–H and O–H groups in total. The van der Waals surface area contributed by atoms with Crippen molar-refractivity contribution in [1.29, 1.82) is 0 Å². The van der Waals surface area contributed by atoms with Gasteiger partial charge in [-0.25, -0.2) is 0 Å². The lowest BCUT2D eigenvalue weighted by Gasteiger charge is -2.41. The fourth-order valence-electron chi connectivity index (χ4n) is 2.81. The molecule has 2 amide bonds. The van der Waals surface area contributed by atoms with Gasteiger partial charge in [-0.15, -0.1) is 0 Å². The van der Waals surface area contributed by atoms with Crippen LogP contribution in [0, 0.1) is 0 Å². The number of hydrogen-bond acceptors (Lipinski definition) is 4. The number of carbonyl (C=O) groups excluding carboxylic acids is 2. The molecule has 2 heterocycles. The van der Waals surface area contributed by atoms with Gasteiger partial charge < -0.3 is 14.7 Å². The summed E-state index contributed by atoms with van der Waals surface area (Å²) in [4.78, 5) is 26.1. The quantitative estimate of drug-likeness (QED) is 0.865. The summed E-state index contributed by atoms with van der Waals surface area (Å²) < 4.78 is 5.27. The van der Waals surface area contributed by atoms with Crippen molar-refractivity contribution in [2.75, 3.05) is 5.32 Å². The molecular weight excluding hydrogens is 306 g/mol. The highest BCUT2D eigenvalue weighted by molar-refractivity contribution is 6.04. The lowest BCUT2D eigenvalue weighted by molar-refractivity contribution is -0.148. The molecule has 3 rings (SSSR count). The number of nitrogens with zero attached hydrogens (tertiary/aromatic N) is 2. The first-order chi connectivity index (χ1) is 11.3. The first-order valence-electron chi connectivity index (χ1n) is 8.22. The zero-order valence-corrected chi connectivity index (χ0v) is 14.5. The van der Waals surface area contributed by atoms with Gasteiger partial charge in [0.05, 0.1) is 6.42 Å². The van der Waals surface area contributed by atoms with Gasteiger partial charge in [0.25, 0.3) is 0 Å². The molecular formula is C18H23N3O3. The van der Waals surface area contributed by atoms with Crippen molar-refractivity contribution >= 4 is 17.6 Å². The Morgan fingerprint density at radius 1 is 1.33 bits per heavy atom. The maximum atomic E-state index is 12.5. The smallest absolute Gasteiger partial charge is 0.249 e. The summed E-state index contributed by atoms with van der Waals surface area (Å²) in [6.07, 6.45) is 5.88. The van der Waals surface area contributed by atoms with E-state index in [1.165, 1.54) is 5.57 Å². The first kappa shape index (κ1) is 16.5. The molecule has 24 heavy (non-hydrogen) atoms. The van der Waals surface area contributed by atoms with Crippen molar-refractivity contribution in [2.24, 2.45) is 0 Å². The van der Waals surface area contributed by atoms with Crippen LogP contribution in [-0.4, -0.2) is 27.9 Å². The van der Waals surface area contributed by atoms with Gasteiger partial charge in [-0.2, -0.15) is 0 Å². The number of hydrogen-bond donors (Lipinski definition) is 1. The Morgan fingerprint density at radius 3 is 2.62 bits per heavy atom. The van der Waals surface area contributed by atoms with Crippen molar-refractivity contribution in [2.45, 2.75) is 58.4 Å². The van der Waals surface area contributed by atoms with Crippen LogP contribution >= 0.6 is 0 Å². The highest BCUT2D eigenvalue weighted by Crippen LogP contribution is 2.31. The number of likely N-dealkylation sites (tertiary alicyclic amines) is 1. The summed E-state index contributed by atoms with van der Waals surface area (Å²) in [5.74, 6) is 0.855. The van der Waals surface area contributed by atoms with Gasteiger partial charge >= 0.3 is 0 Å². The maximum Gasteiger partial charge on any atom is 0.249 e. The van der Waals surface area contributed by atoms with E-state index in [0.717, 1.165) is 18.5 Å². The van der Waals surface area contributed by atoms with Crippen molar-refractivity contribution in [3.05, 3.63) is 35.2 Å². The molecule has 0 bridgehead atoms. The minimum Gasteiger partial charge on any atom is -0.359 e. The van der Waals surface area contributed by atoms with Gasteiger partial charge in [-0.3, -0.25) is 9.59 Å². The van der Waals surface area contributed by atoms with Crippen LogP contribution in [0.2, 0.25) is 0 Å². The van der Waals surface area contributed by atoms with Gasteiger partial charge in [-0.05, 0) is 25.8 Å². The molecule has 0 saturated carbocycles. The summed E-state index contributed by atoms with van der Waals surface area (Å²) in [7, 11) is 0. The average Bonchev–Trinajstić information content (AvgIpc) is 2.95. The number of nitrogens with one attached hydrogen (secondary N) is 1. The predicted octanol–water partition coefficient (Wildman–Crippen LogP) is 3.14. The van der Waals surface area contributed by atoms with Crippen molar-refractivity contribution in [3.63, 3.8) is 0 Å². The Kier molecular flexibility index (Phi) is 4.07. The number of carbonyl (C=O) groups is 2. The largest absolute Gasteiger partial charge is 0.359 e. The van der Waals surface area contributed by atoms with Gasteiger partial charge in [0.15, 0.2) is 5.82 Å². The SMILES string of the molecule is CC1=CC=C(N2C(=O)C[C@H]2C(=O)Nc2cc(C(C)(C)C)on2)CC1. The lowest BCUT2D eigenvalue weighted by Crippen LogP contribution is -2.57. The molecule has 0 radical (unpaired) electrons. The summed E-state index contributed by atoms with van der Waals surface area (Å²) in [6, 6.07) is 1.26. The first-order valence-corrected chi connectivity index (χ1v) is 8.22. The standard InChI is InChI=1S/C18H23N3O3/c1-11-5-7-12(8-6-11)21-13(9-16(21)22)17(23)19-15-10-14(24-20-15)18(2,3)4/h5,7,10,13H,6,8-9H2,1-4H3,(H,19,20,23)/t13-/m0/s1. The fourth-order valence-corrected chi connectivity index (χ4v) is 2.81. The molecule has 1 aliphatic carbocycles. The van der Waals surface area contributed by atoms with Crippen LogP contribution in [0.4, 0.5) is 5.82 Å². The van der Waals surface area contributed by atoms with E-state index < -0.39 is 6.04 Å². The van der Waals surface area contributed by atoms with E-state index in [9.17, 15) is 9.59 Å².